The maximum Gasteiger partial charge on any atom is 0.267 e. The lowest BCUT2D eigenvalue weighted by molar-refractivity contribution is -0.124. The smallest absolute Gasteiger partial charge is 0.267 e. The van der Waals surface area contributed by atoms with Gasteiger partial charge in [0.2, 0.25) is 10.0 Å². The van der Waals surface area contributed by atoms with Crippen molar-refractivity contribution in [2.75, 3.05) is 31.1 Å². The molecule has 2 aromatic carbocycles. The van der Waals surface area contributed by atoms with Gasteiger partial charge in [0, 0.05) is 32.3 Å². The van der Waals surface area contributed by atoms with Gasteiger partial charge in [0.1, 0.15) is 5.82 Å². The number of benzene rings is 2. The maximum absolute atomic E-state index is 13.9. The van der Waals surface area contributed by atoms with E-state index >= 15 is 0 Å². The minimum atomic E-state index is -3.66. The number of amides is 1. The summed E-state index contributed by atoms with van der Waals surface area (Å²) >= 11 is 0. The number of anilines is 1. The van der Waals surface area contributed by atoms with Crippen LogP contribution in [0.5, 0.6) is 0 Å². The summed E-state index contributed by atoms with van der Waals surface area (Å²) < 4.78 is 41.0. The minimum Gasteiger partial charge on any atom is -0.367 e. The topological polar surface area (TPSA) is 90.0 Å². The number of nitrogens with zero attached hydrogens (tertiary/aromatic N) is 2. The first kappa shape index (κ1) is 20.0. The Morgan fingerprint density at radius 3 is 2.29 bits per heavy atom. The molecule has 0 radical (unpaired) electrons. The van der Waals surface area contributed by atoms with Gasteiger partial charge in [-0.05, 0) is 35.9 Å². The molecule has 2 N–H and O–H groups in total. The molecule has 3 rings (SSSR count). The normalized spacial score (nSPS) is 15.7. The van der Waals surface area contributed by atoms with Crippen LogP contribution in [0.2, 0.25) is 0 Å². The van der Waals surface area contributed by atoms with Gasteiger partial charge < -0.3 is 4.90 Å². The van der Waals surface area contributed by atoms with Crippen molar-refractivity contribution in [2.24, 2.45) is 0 Å². The number of hydroxylamine groups is 1. The van der Waals surface area contributed by atoms with Gasteiger partial charge in [0.05, 0.1) is 10.6 Å². The van der Waals surface area contributed by atoms with E-state index in [2.05, 4.69) is 0 Å². The summed E-state index contributed by atoms with van der Waals surface area (Å²) in [6.45, 7) is 1.32. The third-order valence-corrected chi connectivity index (χ3v) is 6.40. The van der Waals surface area contributed by atoms with Crippen LogP contribution >= 0.6 is 0 Å². The van der Waals surface area contributed by atoms with Gasteiger partial charge in [-0.1, -0.05) is 24.3 Å². The zero-order chi connectivity index (χ0) is 20.1. The number of halogens is 1. The van der Waals surface area contributed by atoms with E-state index in [1.54, 1.807) is 30.3 Å². The first-order valence-corrected chi connectivity index (χ1v) is 10.1. The van der Waals surface area contributed by atoms with Crippen LogP contribution in [0.4, 0.5) is 10.1 Å². The second-order valence-electron chi connectivity index (χ2n) is 6.22. The van der Waals surface area contributed by atoms with Crippen LogP contribution in [0.15, 0.2) is 59.5 Å². The zero-order valence-electron chi connectivity index (χ0n) is 15.0. The molecule has 0 saturated carbocycles. The molecule has 0 spiro atoms. The summed E-state index contributed by atoms with van der Waals surface area (Å²) in [5.74, 6) is -0.998. The number of sulfonamides is 1. The highest BCUT2D eigenvalue weighted by molar-refractivity contribution is 7.89. The van der Waals surface area contributed by atoms with Gasteiger partial charge in [0.25, 0.3) is 5.91 Å². The second kappa shape index (κ2) is 8.51. The summed E-state index contributed by atoms with van der Waals surface area (Å²) in [6, 6.07) is 12.5. The van der Waals surface area contributed by atoms with Crippen molar-refractivity contribution in [3.63, 3.8) is 0 Å². The average Bonchev–Trinajstić information content (AvgIpc) is 2.72. The summed E-state index contributed by atoms with van der Waals surface area (Å²) in [7, 11) is -3.66. The molecule has 7 nitrogen and oxygen atoms in total. The van der Waals surface area contributed by atoms with Crippen molar-refractivity contribution in [3.05, 3.63) is 66.0 Å². The average molecular weight is 405 g/mol. The van der Waals surface area contributed by atoms with Crippen molar-refractivity contribution in [3.8, 4) is 0 Å². The number of hydrogen-bond acceptors (Lipinski definition) is 5. The molecule has 28 heavy (non-hydrogen) atoms. The van der Waals surface area contributed by atoms with Crippen molar-refractivity contribution in [2.45, 2.75) is 4.90 Å². The molecule has 1 amide bonds. The largest absolute Gasteiger partial charge is 0.367 e. The SMILES string of the molecule is O=C(/C=C/c1ccc(S(=O)(=O)N2CCN(c3ccccc3F)CC2)cc1)NO. The van der Waals surface area contributed by atoms with Crippen LogP contribution in [0.3, 0.4) is 0 Å². The van der Waals surface area contributed by atoms with Crippen LogP contribution in [0.1, 0.15) is 5.56 Å². The monoisotopic (exact) mass is 405 g/mol. The van der Waals surface area contributed by atoms with Crippen LogP contribution < -0.4 is 10.4 Å². The third-order valence-electron chi connectivity index (χ3n) is 4.49. The highest BCUT2D eigenvalue weighted by Gasteiger charge is 2.29. The van der Waals surface area contributed by atoms with E-state index < -0.39 is 15.9 Å². The summed E-state index contributed by atoms with van der Waals surface area (Å²) in [6.07, 6.45) is 2.58. The second-order valence-corrected chi connectivity index (χ2v) is 8.16. The summed E-state index contributed by atoms with van der Waals surface area (Å²) in [5, 5.41) is 8.45. The summed E-state index contributed by atoms with van der Waals surface area (Å²) in [5.41, 5.74) is 2.57. The Balaban J connectivity index is 1.68. The number of piperazine rings is 1. The number of para-hydroxylation sites is 1. The lowest BCUT2D eigenvalue weighted by Gasteiger charge is -2.35. The number of rotatable bonds is 5. The van der Waals surface area contributed by atoms with Gasteiger partial charge in [-0.2, -0.15) is 4.31 Å². The Bertz CT molecular complexity index is 969. The number of nitrogens with one attached hydrogen (secondary N) is 1. The molecule has 1 aliphatic rings. The molecule has 0 bridgehead atoms. The van der Waals surface area contributed by atoms with Gasteiger partial charge in [-0.25, -0.2) is 18.3 Å². The van der Waals surface area contributed by atoms with Crippen LogP contribution in [0.25, 0.3) is 6.08 Å². The van der Waals surface area contributed by atoms with E-state index in [9.17, 15) is 17.6 Å². The van der Waals surface area contributed by atoms with Crippen LogP contribution in [-0.2, 0) is 14.8 Å². The van der Waals surface area contributed by atoms with E-state index in [0.29, 0.717) is 24.3 Å². The molecule has 0 aromatic heterocycles. The first-order chi connectivity index (χ1) is 13.4. The maximum atomic E-state index is 13.9. The Kier molecular flexibility index (Phi) is 6.08. The lowest BCUT2D eigenvalue weighted by Crippen LogP contribution is -2.48. The van der Waals surface area contributed by atoms with Crippen molar-refractivity contribution in [1.29, 1.82) is 0 Å². The highest BCUT2D eigenvalue weighted by atomic mass is 32.2. The lowest BCUT2D eigenvalue weighted by atomic mass is 10.2. The van der Waals surface area contributed by atoms with E-state index in [1.165, 1.54) is 34.1 Å². The number of carbonyl (C=O) groups is 1. The highest BCUT2D eigenvalue weighted by Crippen LogP contribution is 2.23. The van der Waals surface area contributed by atoms with Crippen molar-refractivity contribution < 1.29 is 22.8 Å². The quantitative estimate of drug-likeness (QED) is 0.450. The number of carbonyl (C=O) groups excluding carboxylic acids is 1. The van der Waals surface area contributed by atoms with Crippen molar-refractivity contribution in [1.82, 2.24) is 9.79 Å². The van der Waals surface area contributed by atoms with E-state index in [0.717, 1.165) is 6.08 Å². The predicted molar refractivity (Wildman–Crippen MR) is 103 cm³/mol. The standard InChI is InChI=1S/C19H20FN3O4S/c20-17-3-1-2-4-18(17)22-11-13-23(14-12-22)28(26,27)16-8-5-15(6-9-16)7-10-19(24)21-25/h1-10,25H,11-14H2,(H,21,24)/b10-7+. The molecule has 0 unspecified atom stereocenters. The zero-order valence-corrected chi connectivity index (χ0v) is 15.8. The Labute approximate surface area is 162 Å². The fourth-order valence-corrected chi connectivity index (χ4v) is 4.41. The van der Waals surface area contributed by atoms with Crippen LogP contribution in [0, 0.1) is 5.82 Å². The predicted octanol–water partition coefficient (Wildman–Crippen LogP) is 1.86. The van der Waals surface area contributed by atoms with E-state index in [-0.39, 0.29) is 23.8 Å². The van der Waals surface area contributed by atoms with Gasteiger partial charge in [-0.15, -0.1) is 0 Å². The molecule has 148 valence electrons. The fraction of sp³-hybridized carbons (Fsp3) is 0.211. The van der Waals surface area contributed by atoms with E-state index in [1.807, 2.05) is 4.90 Å². The molecule has 1 saturated heterocycles. The van der Waals surface area contributed by atoms with Gasteiger partial charge in [-0.3, -0.25) is 10.0 Å². The Hall–Kier alpha value is -2.75. The Morgan fingerprint density at radius 1 is 1.04 bits per heavy atom. The van der Waals surface area contributed by atoms with E-state index in [4.69, 9.17) is 5.21 Å². The Morgan fingerprint density at radius 2 is 1.68 bits per heavy atom. The van der Waals surface area contributed by atoms with Crippen molar-refractivity contribution >= 4 is 27.7 Å². The molecule has 1 fully saturated rings. The molecular formula is C19H20FN3O4S. The molecule has 0 aliphatic carbocycles. The molecule has 1 aliphatic heterocycles. The molecule has 2 aromatic rings. The molecule has 0 atom stereocenters. The number of hydrogen-bond donors (Lipinski definition) is 2. The summed E-state index contributed by atoms with van der Waals surface area (Å²) in [4.78, 5) is 13.0. The van der Waals surface area contributed by atoms with Gasteiger partial charge >= 0.3 is 0 Å². The van der Waals surface area contributed by atoms with Crippen LogP contribution in [-0.4, -0.2) is 50.0 Å². The molecule has 1 heterocycles. The molecule has 9 heteroatoms. The minimum absolute atomic E-state index is 0.149. The fourth-order valence-electron chi connectivity index (χ4n) is 2.99. The molecular weight excluding hydrogens is 385 g/mol. The van der Waals surface area contributed by atoms with Gasteiger partial charge in [0.15, 0.2) is 0 Å². The first-order valence-electron chi connectivity index (χ1n) is 8.63. The third kappa shape index (κ3) is 4.38.